The van der Waals surface area contributed by atoms with Gasteiger partial charge in [-0.2, -0.15) is 13.2 Å². The van der Waals surface area contributed by atoms with Gasteiger partial charge in [-0.3, -0.25) is 0 Å². The zero-order chi connectivity index (χ0) is 14.0. The molecule has 0 aliphatic rings. The maximum atomic E-state index is 12.1. The van der Waals surface area contributed by atoms with Crippen molar-refractivity contribution in [2.45, 2.75) is 24.0 Å². The molecular weight excluding hydrogens is 289 g/mol. The standard InChI is InChI=1S/C9H13F3N2O2S2/c1-14(4-3-9(10,11)12)18(15,16)8-2-5-17-7(8)6-13/h2,5H,3-4,6,13H2,1H3. The maximum absolute atomic E-state index is 12.1. The van der Waals surface area contributed by atoms with Crippen LogP contribution in [0.5, 0.6) is 0 Å². The molecule has 0 aliphatic carbocycles. The van der Waals surface area contributed by atoms with E-state index in [1.807, 2.05) is 0 Å². The smallest absolute Gasteiger partial charge is 0.326 e. The van der Waals surface area contributed by atoms with Crippen molar-refractivity contribution in [3.05, 3.63) is 16.3 Å². The Bertz CT molecular complexity index is 496. The molecule has 0 aromatic carbocycles. The van der Waals surface area contributed by atoms with Crippen LogP contribution in [0.4, 0.5) is 13.2 Å². The molecule has 0 spiro atoms. The van der Waals surface area contributed by atoms with Gasteiger partial charge in [-0.05, 0) is 11.4 Å². The van der Waals surface area contributed by atoms with Crippen LogP contribution in [0.3, 0.4) is 0 Å². The van der Waals surface area contributed by atoms with Crippen molar-refractivity contribution in [2.75, 3.05) is 13.6 Å². The summed E-state index contributed by atoms with van der Waals surface area (Å²) in [4.78, 5) is 0.425. The third kappa shape index (κ3) is 3.67. The maximum Gasteiger partial charge on any atom is 0.390 e. The molecule has 0 saturated carbocycles. The summed E-state index contributed by atoms with van der Waals surface area (Å²) in [6.45, 7) is -0.564. The highest BCUT2D eigenvalue weighted by Gasteiger charge is 2.31. The van der Waals surface area contributed by atoms with E-state index in [0.29, 0.717) is 9.18 Å². The van der Waals surface area contributed by atoms with Crippen LogP contribution in [0.15, 0.2) is 16.3 Å². The second-order valence-electron chi connectivity index (χ2n) is 3.60. The van der Waals surface area contributed by atoms with Crippen molar-refractivity contribution in [1.82, 2.24) is 4.31 Å². The summed E-state index contributed by atoms with van der Waals surface area (Å²) in [7, 11) is -2.77. The molecular formula is C9H13F3N2O2S2. The van der Waals surface area contributed by atoms with Crippen LogP contribution in [0.1, 0.15) is 11.3 Å². The van der Waals surface area contributed by atoms with Crippen LogP contribution in [-0.4, -0.2) is 32.5 Å². The molecule has 1 rings (SSSR count). The number of alkyl halides is 3. The molecule has 0 bridgehead atoms. The van der Waals surface area contributed by atoms with E-state index < -0.39 is 29.2 Å². The highest BCUT2D eigenvalue weighted by atomic mass is 32.2. The van der Waals surface area contributed by atoms with Gasteiger partial charge in [0.2, 0.25) is 10.0 Å². The molecule has 9 heteroatoms. The number of hydrogen-bond donors (Lipinski definition) is 1. The highest BCUT2D eigenvalue weighted by Crippen LogP contribution is 2.26. The Kier molecular flexibility index (Phi) is 4.76. The van der Waals surface area contributed by atoms with Gasteiger partial charge >= 0.3 is 6.18 Å². The van der Waals surface area contributed by atoms with Crippen molar-refractivity contribution in [3.8, 4) is 0 Å². The fourth-order valence-corrected chi connectivity index (χ4v) is 3.75. The minimum absolute atomic E-state index is 0.0142. The van der Waals surface area contributed by atoms with Gasteiger partial charge in [0, 0.05) is 25.0 Å². The molecule has 0 radical (unpaired) electrons. The molecule has 1 heterocycles. The lowest BCUT2D eigenvalue weighted by Crippen LogP contribution is -2.31. The van der Waals surface area contributed by atoms with E-state index in [-0.39, 0.29) is 11.4 Å². The molecule has 0 atom stereocenters. The lowest BCUT2D eigenvalue weighted by molar-refractivity contribution is -0.135. The highest BCUT2D eigenvalue weighted by molar-refractivity contribution is 7.89. The topological polar surface area (TPSA) is 63.4 Å². The Morgan fingerprint density at radius 3 is 2.56 bits per heavy atom. The average Bonchev–Trinajstić information content (AvgIpc) is 2.73. The van der Waals surface area contributed by atoms with E-state index in [0.717, 1.165) is 18.4 Å². The Hall–Kier alpha value is -0.640. The minimum Gasteiger partial charge on any atom is -0.326 e. The predicted octanol–water partition coefficient (Wildman–Crippen LogP) is 1.78. The summed E-state index contributed by atoms with van der Waals surface area (Å²) >= 11 is 1.16. The summed E-state index contributed by atoms with van der Waals surface area (Å²) in [6, 6.07) is 1.35. The molecule has 0 saturated heterocycles. The van der Waals surface area contributed by atoms with Crippen molar-refractivity contribution in [1.29, 1.82) is 0 Å². The van der Waals surface area contributed by atoms with Crippen molar-refractivity contribution in [3.63, 3.8) is 0 Å². The molecule has 2 N–H and O–H groups in total. The van der Waals surface area contributed by atoms with Crippen LogP contribution in [-0.2, 0) is 16.6 Å². The SMILES string of the molecule is CN(CCC(F)(F)F)S(=O)(=O)c1ccsc1CN. The van der Waals surface area contributed by atoms with Crippen LogP contribution in [0.2, 0.25) is 0 Å². The summed E-state index contributed by atoms with van der Waals surface area (Å²) in [5.41, 5.74) is 5.38. The summed E-state index contributed by atoms with van der Waals surface area (Å²) in [6.07, 6.45) is -5.56. The van der Waals surface area contributed by atoms with E-state index in [1.54, 1.807) is 5.38 Å². The van der Waals surface area contributed by atoms with Crippen LogP contribution < -0.4 is 5.73 Å². The molecule has 4 nitrogen and oxygen atoms in total. The van der Waals surface area contributed by atoms with Gasteiger partial charge < -0.3 is 5.73 Å². The lowest BCUT2D eigenvalue weighted by Gasteiger charge is -2.18. The van der Waals surface area contributed by atoms with Crippen molar-refractivity contribution >= 4 is 21.4 Å². The molecule has 104 valence electrons. The first-order chi connectivity index (χ1) is 8.18. The fourth-order valence-electron chi connectivity index (χ4n) is 1.28. The molecule has 18 heavy (non-hydrogen) atoms. The van der Waals surface area contributed by atoms with Crippen LogP contribution >= 0.6 is 11.3 Å². The molecule has 1 aromatic rings. The number of rotatable bonds is 5. The van der Waals surface area contributed by atoms with E-state index in [4.69, 9.17) is 5.73 Å². The Morgan fingerprint density at radius 1 is 1.44 bits per heavy atom. The monoisotopic (exact) mass is 302 g/mol. The molecule has 0 amide bonds. The summed E-state index contributed by atoms with van der Waals surface area (Å²) in [5, 5.41) is 1.55. The number of halogens is 3. The fraction of sp³-hybridized carbons (Fsp3) is 0.556. The van der Waals surface area contributed by atoms with Gasteiger partial charge in [0.05, 0.1) is 11.3 Å². The van der Waals surface area contributed by atoms with E-state index in [2.05, 4.69) is 0 Å². The molecule has 0 aliphatic heterocycles. The number of nitrogens with two attached hydrogens (primary N) is 1. The normalized spacial score (nSPS) is 13.2. The molecule has 0 unspecified atom stereocenters. The van der Waals surface area contributed by atoms with E-state index >= 15 is 0 Å². The molecule has 1 aromatic heterocycles. The molecule has 0 fully saturated rings. The first kappa shape index (κ1) is 15.4. The Balaban J connectivity index is 2.87. The third-order valence-corrected chi connectivity index (χ3v) is 5.30. The van der Waals surface area contributed by atoms with Crippen molar-refractivity contribution < 1.29 is 21.6 Å². The first-order valence-corrected chi connectivity index (χ1v) is 7.30. The number of sulfonamides is 1. The second kappa shape index (κ2) is 5.55. The van der Waals surface area contributed by atoms with Gasteiger partial charge in [-0.15, -0.1) is 11.3 Å². The third-order valence-electron chi connectivity index (χ3n) is 2.29. The summed E-state index contributed by atoms with van der Waals surface area (Å²) in [5.74, 6) is 0. The quantitative estimate of drug-likeness (QED) is 0.902. The van der Waals surface area contributed by atoms with Gasteiger partial charge in [-0.1, -0.05) is 0 Å². The Morgan fingerprint density at radius 2 is 2.06 bits per heavy atom. The van der Waals surface area contributed by atoms with Gasteiger partial charge in [0.1, 0.15) is 0 Å². The van der Waals surface area contributed by atoms with Crippen LogP contribution in [0, 0.1) is 0 Å². The van der Waals surface area contributed by atoms with E-state index in [1.165, 1.54) is 6.07 Å². The lowest BCUT2D eigenvalue weighted by atomic mass is 10.4. The average molecular weight is 302 g/mol. The van der Waals surface area contributed by atoms with Crippen LogP contribution in [0.25, 0.3) is 0 Å². The minimum atomic E-state index is -4.38. The number of thiophene rings is 1. The van der Waals surface area contributed by atoms with Gasteiger partial charge in [0.15, 0.2) is 0 Å². The largest absolute Gasteiger partial charge is 0.390 e. The summed E-state index contributed by atoms with van der Waals surface area (Å²) < 4.78 is 60.9. The first-order valence-electron chi connectivity index (χ1n) is 4.98. The zero-order valence-corrected chi connectivity index (χ0v) is 11.2. The van der Waals surface area contributed by atoms with Crippen molar-refractivity contribution in [2.24, 2.45) is 5.73 Å². The predicted molar refractivity (Wildman–Crippen MR) is 62.7 cm³/mol. The van der Waals surface area contributed by atoms with Gasteiger partial charge in [0.25, 0.3) is 0 Å². The van der Waals surface area contributed by atoms with Gasteiger partial charge in [-0.25, -0.2) is 12.7 Å². The van der Waals surface area contributed by atoms with E-state index in [9.17, 15) is 21.6 Å². The second-order valence-corrected chi connectivity index (χ2v) is 6.62. The Labute approximate surface area is 107 Å². The number of nitrogens with zero attached hydrogens (tertiary/aromatic N) is 1. The zero-order valence-electron chi connectivity index (χ0n) is 9.57. The number of hydrogen-bond acceptors (Lipinski definition) is 4.